The standard InChI is InChI=1S/C21H27Cl2NO2/c1-16(2)10-13-25-19-7-5-6-18(15-19)24-11-3-4-12-26-21-9-8-17(22)14-20(21)23/h5-9,14-16,24H,3-4,10-13H2,1-2H3. The third-order valence-electron chi connectivity index (χ3n) is 3.85. The summed E-state index contributed by atoms with van der Waals surface area (Å²) >= 11 is 12.0. The fourth-order valence-corrected chi connectivity index (χ4v) is 2.81. The van der Waals surface area contributed by atoms with E-state index in [9.17, 15) is 0 Å². The third kappa shape index (κ3) is 7.76. The summed E-state index contributed by atoms with van der Waals surface area (Å²) in [4.78, 5) is 0. The molecule has 0 spiro atoms. The van der Waals surface area contributed by atoms with Crippen LogP contribution < -0.4 is 14.8 Å². The van der Waals surface area contributed by atoms with Gasteiger partial charge in [-0.25, -0.2) is 0 Å². The molecular formula is C21H27Cl2NO2. The molecule has 0 fully saturated rings. The van der Waals surface area contributed by atoms with Crippen molar-refractivity contribution >= 4 is 28.9 Å². The molecule has 0 amide bonds. The fourth-order valence-electron chi connectivity index (χ4n) is 2.34. The van der Waals surface area contributed by atoms with Gasteiger partial charge in [-0.1, -0.05) is 43.1 Å². The maximum absolute atomic E-state index is 6.08. The van der Waals surface area contributed by atoms with E-state index in [1.165, 1.54) is 0 Å². The van der Waals surface area contributed by atoms with E-state index in [1.807, 2.05) is 18.2 Å². The van der Waals surface area contributed by atoms with E-state index in [2.05, 4.69) is 25.2 Å². The minimum atomic E-state index is 0.546. The van der Waals surface area contributed by atoms with E-state index in [1.54, 1.807) is 18.2 Å². The lowest BCUT2D eigenvalue weighted by Crippen LogP contribution is -2.05. The molecule has 0 aliphatic heterocycles. The number of benzene rings is 2. The average molecular weight is 396 g/mol. The molecule has 0 aliphatic carbocycles. The van der Waals surface area contributed by atoms with Gasteiger partial charge in [0.15, 0.2) is 0 Å². The molecule has 0 saturated carbocycles. The van der Waals surface area contributed by atoms with Gasteiger partial charge in [0.05, 0.1) is 18.2 Å². The minimum absolute atomic E-state index is 0.546. The Kier molecular flexibility index (Phi) is 8.93. The van der Waals surface area contributed by atoms with Gasteiger partial charge in [-0.15, -0.1) is 0 Å². The SMILES string of the molecule is CC(C)CCOc1cccc(NCCCCOc2ccc(Cl)cc2Cl)c1. The molecule has 0 aromatic heterocycles. The van der Waals surface area contributed by atoms with E-state index in [0.29, 0.717) is 28.3 Å². The Morgan fingerprint density at radius 3 is 2.58 bits per heavy atom. The van der Waals surface area contributed by atoms with Gasteiger partial charge in [-0.05, 0) is 55.5 Å². The summed E-state index contributed by atoms with van der Waals surface area (Å²) in [5, 5.41) is 4.58. The summed E-state index contributed by atoms with van der Waals surface area (Å²) in [7, 11) is 0. The lowest BCUT2D eigenvalue weighted by Gasteiger charge is -2.11. The largest absolute Gasteiger partial charge is 0.494 e. The van der Waals surface area contributed by atoms with E-state index >= 15 is 0 Å². The number of anilines is 1. The molecule has 3 nitrogen and oxygen atoms in total. The Morgan fingerprint density at radius 2 is 1.81 bits per heavy atom. The zero-order valence-electron chi connectivity index (χ0n) is 15.4. The van der Waals surface area contributed by atoms with Crippen LogP contribution in [0.25, 0.3) is 0 Å². The van der Waals surface area contributed by atoms with Crippen molar-refractivity contribution in [3.05, 3.63) is 52.5 Å². The molecule has 26 heavy (non-hydrogen) atoms. The second-order valence-electron chi connectivity index (χ2n) is 6.62. The highest BCUT2D eigenvalue weighted by Crippen LogP contribution is 2.27. The Hall–Kier alpha value is -1.58. The summed E-state index contributed by atoms with van der Waals surface area (Å²) in [6.45, 7) is 6.66. The van der Waals surface area contributed by atoms with Crippen LogP contribution in [-0.4, -0.2) is 19.8 Å². The first-order valence-corrected chi connectivity index (χ1v) is 9.85. The zero-order chi connectivity index (χ0) is 18.8. The molecule has 5 heteroatoms. The Balaban J connectivity index is 1.63. The van der Waals surface area contributed by atoms with E-state index in [4.69, 9.17) is 32.7 Å². The smallest absolute Gasteiger partial charge is 0.137 e. The van der Waals surface area contributed by atoms with Crippen molar-refractivity contribution in [1.82, 2.24) is 0 Å². The van der Waals surface area contributed by atoms with E-state index < -0.39 is 0 Å². The molecule has 142 valence electrons. The monoisotopic (exact) mass is 395 g/mol. The zero-order valence-corrected chi connectivity index (χ0v) is 16.9. The van der Waals surface area contributed by atoms with Crippen LogP contribution in [0.15, 0.2) is 42.5 Å². The Labute approximate surface area is 166 Å². The van der Waals surface area contributed by atoms with Crippen molar-refractivity contribution in [2.45, 2.75) is 33.1 Å². The predicted molar refractivity (Wildman–Crippen MR) is 111 cm³/mol. The molecular weight excluding hydrogens is 369 g/mol. The van der Waals surface area contributed by atoms with E-state index in [0.717, 1.165) is 43.9 Å². The van der Waals surface area contributed by atoms with Crippen LogP contribution in [0.2, 0.25) is 10.0 Å². The molecule has 0 unspecified atom stereocenters. The molecule has 0 aliphatic rings. The lowest BCUT2D eigenvalue weighted by molar-refractivity contribution is 0.289. The Morgan fingerprint density at radius 1 is 0.962 bits per heavy atom. The number of nitrogens with one attached hydrogen (secondary N) is 1. The van der Waals surface area contributed by atoms with Crippen molar-refractivity contribution in [2.24, 2.45) is 5.92 Å². The molecule has 2 rings (SSSR count). The van der Waals surface area contributed by atoms with Crippen LogP contribution >= 0.6 is 23.2 Å². The van der Waals surface area contributed by atoms with Crippen molar-refractivity contribution in [1.29, 1.82) is 0 Å². The number of ether oxygens (including phenoxy) is 2. The number of hydrogen-bond donors (Lipinski definition) is 1. The van der Waals surface area contributed by atoms with Gasteiger partial charge in [0.25, 0.3) is 0 Å². The van der Waals surface area contributed by atoms with Gasteiger partial charge in [0.2, 0.25) is 0 Å². The van der Waals surface area contributed by atoms with Gasteiger partial charge >= 0.3 is 0 Å². The molecule has 0 bridgehead atoms. The topological polar surface area (TPSA) is 30.5 Å². The van der Waals surface area contributed by atoms with Gasteiger partial charge in [-0.2, -0.15) is 0 Å². The van der Waals surface area contributed by atoms with Gasteiger partial charge in [0.1, 0.15) is 11.5 Å². The molecule has 0 atom stereocenters. The highest BCUT2D eigenvalue weighted by molar-refractivity contribution is 6.35. The normalized spacial score (nSPS) is 10.8. The summed E-state index contributed by atoms with van der Waals surface area (Å²) < 4.78 is 11.5. The fraction of sp³-hybridized carbons (Fsp3) is 0.429. The van der Waals surface area contributed by atoms with E-state index in [-0.39, 0.29) is 0 Å². The van der Waals surface area contributed by atoms with Crippen LogP contribution in [-0.2, 0) is 0 Å². The summed E-state index contributed by atoms with van der Waals surface area (Å²) in [5.41, 5.74) is 1.08. The van der Waals surface area contributed by atoms with Crippen LogP contribution in [0.3, 0.4) is 0 Å². The first-order valence-electron chi connectivity index (χ1n) is 9.09. The second kappa shape index (κ2) is 11.2. The second-order valence-corrected chi connectivity index (χ2v) is 7.46. The Bertz CT molecular complexity index is 677. The third-order valence-corrected chi connectivity index (χ3v) is 4.38. The van der Waals surface area contributed by atoms with Crippen LogP contribution in [0.1, 0.15) is 33.1 Å². The van der Waals surface area contributed by atoms with Crippen molar-refractivity contribution < 1.29 is 9.47 Å². The minimum Gasteiger partial charge on any atom is -0.494 e. The van der Waals surface area contributed by atoms with Crippen molar-refractivity contribution in [3.8, 4) is 11.5 Å². The molecule has 0 saturated heterocycles. The average Bonchev–Trinajstić information content (AvgIpc) is 2.59. The highest BCUT2D eigenvalue weighted by Gasteiger charge is 2.02. The number of unbranched alkanes of at least 4 members (excludes halogenated alkanes) is 1. The number of halogens is 2. The van der Waals surface area contributed by atoms with Crippen molar-refractivity contribution in [3.63, 3.8) is 0 Å². The maximum Gasteiger partial charge on any atom is 0.137 e. The molecule has 2 aromatic carbocycles. The van der Waals surface area contributed by atoms with Crippen LogP contribution in [0.5, 0.6) is 11.5 Å². The summed E-state index contributed by atoms with van der Waals surface area (Å²) in [5.74, 6) is 2.24. The van der Waals surface area contributed by atoms with Crippen LogP contribution in [0, 0.1) is 5.92 Å². The predicted octanol–water partition coefficient (Wildman–Crippen LogP) is 6.69. The highest BCUT2D eigenvalue weighted by atomic mass is 35.5. The van der Waals surface area contributed by atoms with Crippen LogP contribution in [0.4, 0.5) is 5.69 Å². The molecule has 2 aromatic rings. The van der Waals surface area contributed by atoms with Gasteiger partial charge in [0, 0.05) is 23.3 Å². The maximum atomic E-state index is 6.08. The molecule has 0 heterocycles. The summed E-state index contributed by atoms with van der Waals surface area (Å²) in [6.07, 6.45) is 3.01. The van der Waals surface area contributed by atoms with Crippen molar-refractivity contribution in [2.75, 3.05) is 25.1 Å². The van der Waals surface area contributed by atoms with Gasteiger partial charge in [-0.3, -0.25) is 0 Å². The lowest BCUT2D eigenvalue weighted by atomic mass is 10.1. The molecule has 0 radical (unpaired) electrons. The number of hydrogen-bond acceptors (Lipinski definition) is 3. The quantitative estimate of drug-likeness (QED) is 0.429. The first kappa shape index (κ1) is 20.7. The summed E-state index contributed by atoms with van der Waals surface area (Å²) in [6, 6.07) is 13.4. The molecule has 1 N–H and O–H groups in total. The first-order chi connectivity index (χ1) is 12.5. The van der Waals surface area contributed by atoms with Gasteiger partial charge < -0.3 is 14.8 Å². The number of rotatable bonds is 11.